The van der Waals surface area contributed by atoms with Gasteiger partial charge >= 0.3 is 5.97 Å². The Kier molecular flexibility index (Phi) is 2.66. The van der Waals surface area contributed by atoms with Gasteiger partial charge in [0.2, 0.25) is 0 Å². The lowest BCUT2D eigenvalue weighted by molar-refractivity contribution is -0.220. The molecule has 0 saturated heterocycles. The molecule has 5 nitrogen and oxygen atoms in total. The molecule has 14 heavy (non-hydrogen) atoms. The van der Waals surface area contributed by atoms with Gasteiger partial charge < -0.3 is 19.9 Å². The second-order valence-corrected chi connectivity index (χ2v) is 3.56. The van der Waals surface area contributed by atoms with Gasteiger partial charge in [0.1, 0.15) is 4.99 Å². The van der Waals surface area contributed by atoms with Crippen LogP contribution >= 0.6 is 12.2 Å². The Morgan fingerprint density at radius 1 is 1.50 bits per heavy atom. The fourth-order valence-corrected chi connectivity index (χ4v) is 1.15. The van der Waals surface area contributed by atoms with Gasteiger partial charge in [-0.05, 0) is 0 Å². The lowest BCUT2D eigenvalue weighted by Crippen LogP contribution is -2.40. The minimum Gasteiger partial charge on any atom is -0.480 e. The van der Waals surface area contributed by atoms with Crippen LogP contribution in [-0.4, -0.2) is 28.9 Å². The average Bonchev–Trinajstić information content (AvgIpc) is 1.99. The number of thiocarbonyl (C=S) groups is 1. The third-order valence-electron chi connectivity index (χ3n) is 1.55. The first-order valence-corrected chi connectivity index (χ1v) is 4.36. The molecule has 1 rings (SSSR count). The van der Waals surface area contributed by atoms with Crippen molar-refractivity contribution in [1.29, 1.82) is 0 Å². The van der Waals surface area contributed by atoms with Crippen LogP contribution in [0.2, 0.25) is 0 Å². The van der Waals surface area contributed by atoms with Crippen molar-refractivity contribution in [2.75, 3.05) is 7.05 Å². The zero-order chi connectivity index (χ0) is 10.9. The normalized spacial score (nSPS) is 19.8. The van der Waals surface area contributed by atoms with Gasteiger partial charge in [0.05, 0.1) is 0 Å². The van der Waals surface area contributed by atoms with E-state index in [9.17, 15) is 9.90 Å². The molecule has 0 aromatic rings. The summed E-state index contributed by atoms with van der Waals surface area (Å²) < 4.78 is 9.82. The summed E-state index contributed by atoms with van der Waals surface area (Å²) in [6.45, 7) is 3.03. The lowest BCUT2D eigenvalue weighted by atomic mass is 10.2. The molecule has 0 spiro atoms. The molecule has 6 heteroatoms. The van der Waals surface area contributed by atoms with Gasteiger partial charge in [-0.15, -0.1) is 0 Å². The fraction of sp³-hybridized carbons (Fsp3) is 0.500. The molecule has 0 amide bonds. The van der Waals surface area contributed by atoms with E-state index < -0.39 is 17.7 Å². The van der Waals surface area contributed by atoms with Gasteiger partial charge in [0.15, 0.2) is 5.57 Å². The largest absolute Gasteiger partial charge is 0.480 e. The first kappa shape index (κ1) is 10.8. The van der Waals surface area contributed by atoms with E-state index in [4.69, 9.17) is 21.7 Å². The predicted octanol–water partition coefficient (Wildman–Crippen LogP) is 0.612. The molecule has 1 heterocycles. The van der Waals surface area contributed by atoms with E-state index in [0.717, 1.165) is 0 Å². The van der Waals surface area contributed by atoms with Crippen LogP contribution in [0.25, 0.3) is 0 Å². The van der Waals surface area contributed by atoms with Gasteiger partial charge in [-0.25, -0.2) is 4.79 Å². The third kappa shape index (κ3) is 1.95. The standard InChI is InChI=1S/C8H11NO4S/c1-8(2)12-6(10)4(5(14)9-3)7(11)13-8/h10H,1-3H3,(H,9,14). The number of aliphatic hydroxyl groups excluding tert-OH is 1. The Hall–Kier alpha value is -1.30. The number of likely N-dealkylation sites (N-methyl/N-ethyl adjacent to an activating group) is 1. The Morgan fingerprint density at radius 2 is 2.07 bits per heavy atom. The lowest BCUT2D eigenvalue weighted by Gasteiger charge is -2.30. The predicted molar refractivity (Wildman–Crippen MR) is 52.6 cm³/mol. The van der Waals surface area contributed by atoms with Crippen molar-refractivity contribution >= 4 is 23.2 Å². The molecule has 0 aliphatic carbocycles. The number of carbonyl (C=O) groups is 1. The zero-order valence-electron chi connectivity index (χ0n) is 8.08. The summed E-state index contributed by atoms with van der Waals surface area (Å²) in [5, 5.41) is 12.0. The number of hydrogen-bond donors (Lipinski definition) is 2. The van der Waals surface area contributed by atoms with Crippen molar-refractivity contribution < 1.29 is 19.4 Å². The molecule has 0 atom stereocenters. The monoisotopic (exact) mass is 217 g/mol. The van der Waals surface area contributed by atoms with Crippen LogP contribution in [0.5, 0.6) is 0 Å². The van der Waals surface area contributed by atoms with Crippen molar-refractivity contribution in [3.05, 3.63) is 11.5 Å². The number of cyclic esters (lactones) is 1. The van der Waals surface area contributed by atoms with Crippen LogP contribution in [0.4, 0.5) is 0 Å². The van der Waals surface area contributed by atoms with Crippen LogP contribution in [0.15, 0.2) is 11.5 Å². The second kappa shape index (κ2) is 3.45. The average molecular weight is 217 g/mol. The number of aliphatic hydroxyl groups is 1. The molecule has 0 fully saturated rings. The summed E-state index contributed by atoms with van der Waals surface area (Å²) in [4.78, 5) is 11.5. The van der Waals surface area contributed by atoms with Crippen molar-refractivity contribution in [2.45, 2.75) is 19.6 Å². The smallest absolute Gasteiger partial charge is 0.351 e. The molecule has 0 saturated carbocycles. The van der Waals surface area contributed by atoms with E-state index in [-0.39, 0.29) is 10.6 Å². The summed E-state index contributed by atoms with van der Waals surface area (Å²) in [6.07, 6.45) is 0. The summed E-state index contributed by atoms with van der Waals surface area (Å²) >= 11 is 4.79. The van der Waals surface area contributed by atoms with Crippen molar-refractivity contribution in [3.8, 4) is 0 Å². The molecule has 0 radical (unpaired) electrons. The Labute approximate surface area is 86.7 Å². The Bertz CT molecular complexity index is 321. The topological polar surface area (TPSA) is 67.8 Å². The van der Waals surface area contributed by atoms with Gasteiger partial charge in [-0.2, -0.15) is 0 Å². The first-order valence-electron chi connectivity index (χ1n) is 3.95. The van der Waals surface area contributed by atoms with Crippen LogP contribution in [-0.2, 0) is 14.3 Å². The van der Waals surface area contributed by atoms with E-state index >= 15 is 0 Å². The highest BCUT2D eigenvalue weighted by molar-refractivity contribution is 7.80. The summed E-state index contributed by atoms with van der Waals surface area (Å²) in [6, 6.07) is 0. The summed E-state index contributed by atoms with van der Waals surface area (Å²) in [7, 11) is 1.54. The fourth-order valence-electron chi connectivity index (χ4n) is 0.981. The number of esters is 1. The highest BCUT2D eigenvalue weighted by atomic mass is 32.1. The molecule has 78 valence electrons. The summed E-state index contributed by atoms with van der Waals surface area (Å²) in [5.41, 5.74) is -0.151. The number of nitrogens with one attached hydrogen (secondary N) is 1. The first-order chi connectivity index (χ1) is 6.37. The molecule has 0 aromatic heterocycles. The van der Waals surface area contributed by atoms with Crippen molar-refractivity contribution in [2.24, 2.45) is 0 Å². The van der Waals surface area contributed by atoms with Crippen molar-refractivity contribution in [3.63, 3.8) is 0 Å². The molecular weight excluding hydrogens is 206 g/mol. The van der Waals surface area contributed by atoms with Crippen molar-refractivity contribution in [1.82, 2.24) is 5.32 Å². The van der Waals surface area contributed by atoms with Crippen LogP contribution in [0.3, 0.4) is 0 Å². The number of carbonyl (C=O) groups excluding carboxylic acids is 1. The van der Waals surface area contributed by atoms with E-state index in [0.29, 0.717) is 0 Å². The molecule has 1 aliphatic heterocycles. The van der Waals surface area contributed by atoms with E-state index in [1.807, 2.05) is 0 Å². The zero-order valence-corrected chi connectivity index (χ0v) is 8.90. The van der Waals surface area contributed by atoms with E-state index in [2.05, 4.69) is 5.32 Å². The molecular formula is C8H11NO4S. The SMILES string of the molecule is CNC(=S)C1=C(O)OC(C)(C)OC1=O. The quantitative estimate of drug-likeness (QED) is 0.495. The van der Waals surface area contributed by atoms with Crippen LogP contribution in [0.1, 0.15) is 13.8 Å². The molecule has 0 aromatic carbocycles. The molecule has 1 aliphatic rings. The van der Waals surface area contributed by atoms with E-state index in [1.54, 1.807) is 0 Å². The highest BCUT2D eigenvalue weighted by Gasteiger charge is 2.37. The molecule has 0 unspecified atom stereocenters. The maximum absolute atomic E-state index is 11.4. The second-order valence-electron chi connectivity index (χ2n) is 3.15. The van der Waals surface area contributed by atoms with Gasteiger partial charge in [0.25, 0.3) is 11.7 Å². The minimum atomic E-state index is -1.16. The van der Waals surface area contributed by atoms with Gasteiger partial charge in [-0.3, -0.25) is 0 Å². The minimum absolute atomic E-state index is 0.0861. The molecule has 0 bridgehead atoms. The number of hydrogen-bond acceptors (Lipinski definition) is 5. The number of rotatable bonds is 1. The summed E-state index contributed by atoms with van der Waals surface area (Å²) in [5.74, 6) is -2.36. The Morgan fingerprint density at radius 3 is 2.50 bits per heavy atom. The van der Waals surface area contributed by atoms with Gasteiger partial charge in [-0.1, -0.05) is 12.2 Å². The third-order valence-corrected chi connectivity index (χ3v) is 1.96. The maximum Gasteiger partial charge on any atom is 0.351 e. The number of ether oxygens (including phenoxy) is 2. The van der Waals surface area contributed by atoms with Gasteiger partial charge in [0, 0.05) is 20.9 Å². The maximum atomic E-state index is 11.4. The molecule has 2 N–H and O–H groups in total. The highest BCUT2D eigenvalue weighted by Crippen LogP contribution is 2.25. The van der Waals surface area contributed by atoms with Crippen LogP contribution < -0.4 is 5.32 Å². The van der Waals surface area contributed by atoms with Crippen LogP contribution in [0, 0.1) is 0 Å². The Balaban J connectivity index is 3.05. The van der Waals surface area contributed by atoms with E-state index in [1.165, 1.54) is 20.9 Å².